The molecule has 4 aromatic rings. The molecular weight excluding hydrogens is 362 g/mol. The molecule has 2 aromatic heterocycles. The molecule has 0 aliphatic heterocycles. The fraction of sp³-hybridized carbons (Fsp3) is 0.100. The molecule has 27 heavy (non-hydrogen) atoms. The lowest BCUT2D eigenvalue weighted by atomic mass is 10.1. The number of aromatic nitrogens is 3. The molecule has 0 radical (unpaired) electrons. The number of H-pyrrole nitrogens is 1. The topological polar surface area (TPSA) is 88.8 Å². The number of nitrogens with one attached hydrogen (secondary N) is 2. The van der Waals surface area contributed by atoms with E-state index in [0.717, 1.165) is 27.9 Å². The second-order valence-electron chi connectivity index (χ2n) is 6.23. The van der Waals surface area contributed by atoms with Crippen LogP contribution < -0.4 is 15.8 Å². The third kappa shape index (κ3) is 3.96. The number of nitrogens with zero attached hydrogens (tertiary/aromatic N) is 2. The summed E-state index contributed by atoms with van der Waals surface area (Å²) in [6, 6.07) is 15.1. The molecule has 0 aliphatic rings. The Morgan fingerprint density at radius 2 is 2.04 bits per heavy atom. The highest BCUT2D eigenvalue weighted by Gasteiger charge is 2.06. The van der Waals surface area contributed by atoms with Crippen LogP contribution in [0.3, 0.4) is 0 Å². The fourth-order valence-electron chi connectivity index (χ4n) is 2.77. The predicted molar refractivity (Wildman–Crippen MR) is 108 cm³/mol. The average Bonchev–Trinajstić information content (AvgIpc) is 3.06. The number of aryl methyl sites for hydroxylation is 1. The fourth-order valence-corrected chi connectivity index (χ4v) is 2.88. The number of hydrogen-bond donors (Lipinski definition) is 3. The highest BCUT2D eigenvalue weighted by Crippen LogP contribution is 2.25. The van der Waals surface area contributed by atoms with Gasteiger partial charge in [-0.3, -0.25) is 0 Å². The minimum absolute atomic E-state index is 0.509. The zero-order valence-electron chi connectivity index (χ0n) is 14.7. The molecule has 4 N–H and O–H groups in total. The zero-order valence-corrected chi connectivity index (χ0v) is 15.4. The van der Waals surface area contributed by atoms with Gasteiger partial charge in [0.1, 0.15) is 5.75 Å². The van der Waals surface area contributed by atoms with Crippen LogP contribution in [0.4, 0.5) is 11.6 Å². The molecule has 136 valence electrons. The van der Waals surface area contributed by atoms with E-state index < -0.39 is 0 Å². The number of fused-ring (bicyclic) bond motifs is 1. The Morgan fingerprint density at radius 1 is 1.15 bits per heavy atom. The van der Waals surface area contributed by atoms with E-state index in [0.29, 0.717) is 29.1 Å². The minimum Gasteiger partial charge on any atom is -0.439 e. The van der Waals surface area contributed by atoms with E-state index in [9.17, 15) is 0 Å². The Bertz CT molecular complexity index is 1090. The first-order chi connectivity index (χ1) is 13.1. The third-order valence-electron chi connectivity index (χ3n) is 4.12. The Balaban J connectivity index is 1.44. The number of hydrogen-bond acceptors (Lipinski definition) is 5. The van der Waals surface area contributed by atoms with Crippen LogP contribution in [0.25, 0.3) is 11.0 Å². The van der Waals surface area contributed by atoms with Gasteiger partial charge in [0.25, 0.3) is 0 Å². The number of rotatable bonds is 5. The van der Waals surface area contributed by atoms with Gasteiger partial charge in [-0.05, 0) is 48.4 Å². The van der Waals surface area contributed by atoms with Crippen molar-refractivity contribution in [2.24, 2.45) is 0 Å². The number of benzene rings is 2. The highest BCUT2D eigenvalue weighted by atomic mass is 35.5. The van der Waals surface area contributed by atoms with Crippen LogP contribution in [0.15, 0.2) is 54.7 Å². The number of halogens is 1. The SMILES string of the molecule is Cc1cc(CNc2nc3ccc(N)cc3[nH]2)ccc1Oc1ccc(Cl)cn1. The molecule has 6 nitrogen and oxygen atoms in total. The normalized spacial score (nSPS) is 10.9. The number of aromatic amines is 1. The lowest BCUT2D eigenvalue weighted by molar-refractivity contribution is 0.459. The van der Waals surface area contributed by atoms with Crippen LogP contribution in [0.2, 0.25) is 5.02 Å². The summed E-state index contributed by atoms with van der Waals surface area (Å²) in [7, 11) is 0. The molecule has 0 bridgehead atoms. The Kier molecular flexibility index (Phi) is 4.56. The smallest absolute Gasteiger partial charge is 0.219 e. The van der Waals surface area contributed by atoms with E-state index in [-0.39, 0.29) is 0 Å². The molecule has 0 amide bonds. The van der Waals surface area contributed by atoms with Crippen molar-refractivity contribution in [2.45, 2.75) is 13.5 Å². The summed E-state index contributed by atoms with van der Waals surface area (Å²) < 4.78 is 5.81. The first kappa shape index (κ1) is 17.2. The first-order valence-corrected chi connectivity index (χ1v) is 8.83. The number of pyridine rings is 1. The minimum atomic E-state index is 0.509. The third-order valence-corrected chi connectivity index (χ3v) is 4.34. The number of imidazole rings is 1. The van der Waals surface area contributed by atoms with Crippen molar-refractivity contribution in [3.63, 3.8) is 0 Å². The standard InChI is InChI=1S/C20H18ClN5O/c1-12-8-13(2-6-18(12)27-19-7-3-14(21)11-23-19)10-24-20-25-16-5-4-15(22)9-17(16)26-20/h2-9,11H,10,22H2,1H3,(H2,24,25,26). The van der Waals surface area contributed by atoms with Gasteiger partial charge < -0.3 is 20.8 Å². The maximum absolute atomic E-state index is 5.85. The molecule has 2 aromatic carbocycles. The first-order valence-electron chi connectivity index (χ1n) is 8.45. The Hall–Kier alpha value is -3.25. The van der Waals surface area contributed by atoms with Crippen LogP contribution in [0.1, 0.15) is 11.1 Å². The number of nitrogens with two attached hydrogens (primary N) is 1. The lowest BCUT2D eigenvalue weighted by Crippen LogP contribution is -2.01. The van der Waals surface area contributed by atoms with Gasteiger partial charge in [-0.15, -0.1) is 0 Å². The lowest BCUT2D eigenvalue weighted by Gasteiger charge is -2.10. The maximum Gasteiger partial charge on any atom is 0.219 e. The molecule has 4 rings (SSSR count). The van der Waals surface area contributed by atoms with E-state index in [2.05, 4.69) is 26.3 Å². The van der Waals surface area contributed by atoms with Gasteiger partial charge in [-0.25, -0.2) is 9.97 Å². The summed E-state index contributed by atoms with van der Waals surface area (Å²) in [6.45, 7) is 2.63. The average molecular weight is 380 g/mol. The Labute approximate surface area is 161 Å². The summed E-state index contributed by atoms with van der Waals surface area (Å²) in [5, 5.41) is 3.87. The van der Waals surface area contributed by atoms with E-state index in [1.807, 2.05) is 37.3 Å². The second kappa shape index (κ2) is 7.17. The van der Waals surface area contributed by atoms with Gasteiger partial charge in [-0.1, -0.05) is 23.7 Å². The van der Waals surface area contributed by atoms with Gasteiger partial charge in [0, 0.05) is 24.5 Å². The van der Waals surface area contributed by atoms with Crippen molar-refractivity contribution in [3.05, 3.63) is 70.9 Å². The summed E-state index contributed by atoms with van der Waals surface area (Å²) >= 11 is 5.85. The molecule has 2 heterocycles. The zero-order chi connectivity index (χ0) is 18.8. The maximum atomic E-state index is 5.85. The van der Waals surface area contributed by atoms with Crippen molar-refractivity contribution in [3.8, 4) is 11.6 Å². The van der Waals surface area contributed by atoms with Crippen molar-refractivity contribution in [2.75, 3.05) is 11.1 Å². The van der Waals surface area contributed by atoms with Crippen LogP contribution in [-0.4, -0.2) is 15.0 Å². The van der Waals surface area contributed by atoms with Crippen molar-refractivity contribution in [1.82, 2.24) is 15.0 Å². The van der Waals surface area contributed by atoms with E-state index in [1.165, 1.54) is 0 Å². The highest BCUT2D eigenvalue weighted by molar-refractivity contribution is 6.30. The van der Waals surface area contributed by atoms with Crippen LogP contribution in [-0.2, 0) is 6.54 Å². The summed E-state index contributed by atoms with van der Waals surface area (Å²) in [4.78, 5) is 11.9. The molecule has 7 heteroatoms. The van der Waals surface area contributed by atoms with Crippen molar-refractivity contribution in [1.29, 1.82) is 0 Å². The van der Waals surface area contributed by atoms with Crippen LogP contribution in [0, 0.1) is 6.92 Å². The molecule has 0 atom stereocenters. The largest absolute Gasteiger partial charge is 0.439 e. The predicted octanol–water partition coefficient (Wildman–Crippen LogP) is 4.91. The summed E-state index contributed by atoms with van der Waals surface area (Å²) in [5.41, 5.74) is 10.4. The molecule has 0 spiro atoms. The molecule has 0 aliphatic carbocycles. The summed E-state index contributed by atoms with van der Waals surface area (Å²) in [5.74, 6) is 1.97. The van der Waals surface area contributed by atoms with Crippen LogP contribution >= 0.6 is 11.6 Å². The van der Waals surface area contributed by atoms with Gasteiger partial charge in [0.05, 0.1) is 16.1 Å². The molecule has 0 fully saturated rings. The molecular formula is C20H18ClN5O. The van der Waals surface area contributed by atoms with Crippen LogP contribution in [0.5, 0.6) is 11.6 Å². The van der Waals surface area contributed by atoms with Crippen molar-refractivity contribution >= 4 is 34.3 Å². The van der Waals surface area contributed by atoms with E-state index in [4.69, 9.17) is 22.1 Å². The Morgan fingerprint density at radius 3 is 2.81 bits per heavy atom. The number of anilines is 2. The summed E-state index contributed by atoms with van der Waals surface area (Å²) in [6.07, 6.45) is 1.56. The van der Waals surface area contributed by atoms with E-state index >= 15 is 0 Å². The number of nitrogen functional groups attached to an aromatic ring is 1. The second-order valence-corrected chi connectivity index (χ2v) is 6.67. The molecule has 0 unspecified atom stereocenters. The number of ether oxygens (including phenoxy) is 1. The van der Waals surface area contributed by atoms with Gasteiger partial charge in [0.15, 0.2) is 0 Å². The quantitative estimate of drug-likeness (QED) is 0.429. The molecule has 0 saturated carbocycles. The monoisotopic (exact) mass is 379 g/mol. The molecule has 0 saturated heterocycles. The van der Waals surface area contributed by atoms with Gasteiger partial charge in [0.2, 0.25) is 11.8 Å². The van der Waals surface area contributed by atoms with Crippen molar-refractivity contribution < 1.29 is 4.74 Å². The van der Waals surface area contributed by atoms with Gasteiger partial charge in [-0.2, -0.15) is 0 Å². The van der Waals surface area contributed by atoms with Gasteiger partial charge >= 0.3 is 0 Å². The van der Waals surface area contributed by atoms with E-state index in [1.54, 1.807) is 18.3 Å².